The lowest BCUT2D eigenvalue weighted by Crippen LogP contribution is -2.25. The summed E-state index contributed by atoms with van der Waals surface area (Å²) in [6.07, 6.45) is 0. The predicted molar refractivity (Wildman–Crippen MR) is 81.7 cm³/mol. The number of hydrogen-bond donors (Lipinski definition) is 0. The van der Waals surface area contributed by atoms with E-state index in [1.807, 2.05) is 39.0 Å². The van der Waals surface area contributed by atoms with E-state index in [1.165, 1.54) is 5.56 Å². The molecule has 0 bridgehead atoms. The number of ether oxygens (including phenoxy) is 1. The van der Waals surface area contributed by atoms with Crippen molar-refractivity contribution in [1.82, 2.24) is 0 Å². The third-order valence-corrected chi connectivity index (χ3v) is 3.04. The van der Waals surface area contributed by atoms with E-state index >= 15 is 0 Å². The molecule has 2 heteroatoms. The number of benzene rings is 2. The van der Waals surface area contributed by atoms with Gasteiger partial charge in [-0.15, -0.1) is 0 Å². The molecular weight excluding hydrogens is 248 g/mol. The lowest BCUT2D eigenvalue weighted by Gasteiger charge is -2.16. The van der Waals surface area contributed by atoms with Crippen molar-refractivity contribution in [1.29, 1.82) is 0 Å². The Morgan fingerprint density at radius 3 is 2.20 bits per heavy atom. The van der Waals surface area contributed by atoms with Crippen molar-refractivity contribution in [3.63, 3.8) is 0 Å². The van der Waals surface area contributed by atoms with Gasteiger partial charge in [0.2, 0.25) is 0 Å². The molecule has 20 heavy (non-hydrogen) atoms. The molecule has 0 fully saturated rings. The Bertz CT molecular complexity index is 604. The predicted octanol–water partition coefficient (Wildman–Crippen LogP) is 4.61. The molecule has 0 radical (unpaired) electrons. The minimum atomic E-state index is -0.500. The second-order valence-corrected chi connectivity index (χ2v) is 6.03. The van der Waals surface area contributed by atoms with Gasteiger partial charge in [-0.05, 0) is 51.0 Å². The van der Waals surface area contributed by atoms with E-state index in [0.29, 0.717) is 5.75 Å². The van der Waals surface area contributed by atoms with Crippen LogP contribution in [0.25, 0.3) is 11.1 Å². The molecule has 104 valence electrons. The van der Waals surface area contributed by atoms with Gasteiger partial charge < -0.3 is 4.74 Å². The summed E-state index contributed by atoms with van der Waals surface area (Å²) < 4.78 is 5.43. The minimum absolute atomic E-state index is 0.224. The van der Waals surface area contributed by atoms with E-state index in [1.54, 1.807) is 6.07 Å². The molecular formula is C18H20O2. The van der Waals surface area contributed by atoms with E-state index < -0.39 is 5.41 Å². The Morgan fingerprint density at radius 1 is 0.950 bits per heavy atom. The third-order valence-electron chi connectivity index (χ3n) is 3.04. The van der Waals surface area contributed by atoms with Crippen molar-refractivity contribution in [2.45, 2.75) is 27.7 Å². The van der Waals surface area contributed by atoms with Gasteiger partial charge in [-0.3, -0.25) is 4.79 Å². The van der Waals surface area contributed by atoms with Gasteiger partial charge in [0.05, 0.1) is 5.41 Å². The molecule has 2 nitrogen and oxygen atoms in total. The van der Waals surface area contributed by atoms with E-state index in [4.69, 9.17) is 4.74 Å². The van der Waals surface area contributed by atoms with Crippen molar-refractivity contribution in [3.8, 4) is 16.9 Å². The Balaban J connectivity index is 2.24. The first kappa shape index (κ1) is 14.3. The van der Waals surface area contributed by atoms with Crippen LogP contribution >= 0.6 is 0 Å². The molecule has 0 aliphatic rings. The van der Waals surface area contributed by atoms with Crippen LogP contribution in [0.2, 0.25) is 0 Å². The first-order valence-corrected chi connectivity index (χ1v) is 6.76. The molecule has 0 N–H and O–H groups in total. The van der Waals surface area contributed by atoms with Crippen LogP contribution in [0.5, 0.6) is 5.75 Å². The molecule has 2 aromatic carbocycles. The molecule has 2 rings (SSSR count). The highest BCUT2D eigenvalue weighted by atomic mass is 16.5. The molecule has 0 spiro atoms. The van der Waals surface area contributed by atoms with Crippen LogP contribution in [0.15, 0.2) is 48.5 Å². The summed E-state index contributed by atoms with van der Waals surface area (Å²) in [5.74, 6) is 0.363. The van der Waals surface area contributed by atoms with Gasteiger partial charge in [0.15, 0.2) is 0 Å². The van der Waals surface area contributed by atoms with E-state index in [-0.39, 0.29) is 5.97 Å². The fourth-order valence-electron chi connectivity index (χ4n) is 1.75. The highest BCUT2D eigenvalue weighted by Gasteiger charge is 2.23. The molecule has 0 aliphatic heterocycles. The van der Waals surface area contributed by atoms with Crippen LogP contribution in [0.1, 0.15) is 26.3 Å². The van der Waals surface area contributed by atoms with Gasteiger partial charge in [0, 0.05) is 0 Å². The second-order valence-electron chi connectivity index (χ2n) is 6.03. The molecule has 0 atom stereocenters. The van der Waals surface area contributed by atoms with Crippen molar-refractivity contribution >= 4 is 5.97 Å². The highest BCUT2D eigenvalue weighted by Crippen LogP contribution is 2.26. The van der Waals surface area contributed by atoms with Gasteiger partial charge in [0.25, 0.3) is 0 Å². The maximum atomic E-state index is 11.9. The summed E-state index contributed by atoms with van der Waals surface area (Å²) >= 11 is 0. The van der Waals surface area contributed by atoms with Crippen LogP contribution in [0.4, 0.5) is 0 Å². The molecule has 0 aliphatic carbocycles. The standard InChI is InChI=1S/C18H20O2/c1-13-8-10-14(11-9-13)15-6-5-7-16(12-15)20-17(19)18(2,3)4/h5-12H,1-4H3. The lowest BCUT2D eigenvalue weighted by molar-refractivity contribution is -0.142. The first-order valence-electron chi connectivity index (χ1n) is 6.76. The van der Waals surface area contributed by atoms with Crippen molar-refractivity contribution < 1.29 is 9.53 Å². The Labute approximate surface area is 120 Å². The van der Waals surface area contributed by atoms with Gasteiger partial charge in [-0.1, -0.05) is 42.0 Å². The smallest absolute Gasteiger partial charge is 0.316 e. The fourth-order valence-corrected chi connectivity index (χ4v) is 1.75. The summed E-state index contributed by atoms with van der Waals surface area (Å²) in [5, 5.41) is 0. The van der Waals surface area contributed by atoms with Gasteiger partial charge >= 0.3 is 5.97 Å². The molecule has 0 heterocycles. The van der Waals surface area contributed by atoms with Crippen LogP contribution < -0.4 is 4.74 Å². The number of rotatable bonds is 2. The van der Waals surface area contributed by atoms with E-state index in [0.717, 1.165) is 11.1 Å². The molecule has 0 aromatic heterocycles. The third kappa shape index (κ3) is 3.47. The normalized spacial score (nSPS) is 11.2. The molecule has 0 amide bonds. The molecule has 2 aromatic rings. The van der Waals surface area contributed by atoms with Crippen LogP contribution in [0.3, 0.4) is 0 Å². The van der Waals surface area contributed by atoms with Crippen LogP contribution in [-0.2, 0) is 4.79 Å². The number of esters is 1. The van der Waals surface area contributed by atoms with Gasteiger partial charge in [-0.2, -0.15) is 0 Å². The van der Waals surface area contributed by atoms with Crippen molar-refractivity contribution in [3.05, 3.63) is 54.1 Å². The van der Waals surface area contributed by atoms with Gasteiger partial charge in [-0.25, -0.2) is 0 Å². The van der Waals surface area contributed by atoms with E-state index in [2.05, 4.69) is 31.2 Å². The van der Waals surface area contributed by atoms with Crippen LogP contribution in [0, 0.1) is 12.3 Å². The summed E-state index contributed by atoms with van der Waals surface area (Å²) in [7, 11) is 0. The molecule has 0 unspecified atom stereocenters. The number of aryl methyl sites for hydroxylation is 1. The maximum absolute atomic E-state index is 11.9. The lowest BCUT2D eigenvalue weighted by atomic mass is 9.97. The number of hydrogen-bond acceptors (Lipinski definition) is 2. The molecule has 0 saturated heterocycles. The highest BCUT2D eigenvalue weighted by molar-refractivity contribution is 5.78. The molecule has 0 saturated carbocycles. The SMILES string of the molecule is Cc1ccc(-c2cccc(OC(=O)C(C)(C)C)c2)cc1. The van der Waals surface area contributed by atoms with Crippen molar-refractivity contribution in [2.24, 2.45) is 5.41 Å². The van der Waals surface area contributed by atoms with Gasteiger partial charge in [0.1, 0.15) is 5.75 Å². The number of carbonyl (C=O) groups is 1. The number of carbonyl (C=O) groups excluding carboxylic acids is 1. The quantitative estimate of drug-likeness (QED) is 0.587. The Morgan fingerprint density at radius 2 is 1.60 bits per heavy atom. The summed E-state index contributed by atoms with van der Waals surface area (Å²) in [6.45, 7) is 7.60. The zero-order valence-corrected chi connectivity index (χ0v) is 12.4. The van der Waals surface area contributed by atoms with E-state index in [9.17, 15) is 4.79 Å². The zero-order chi connectivity index (χ0) is 14.8. The largest absolute Gasteiger partial charge is 0.426 e. The van der Waals surface area contributed by atoms with Crippen molar-refractivity contribution in [2.75, 3.05) is 0 Å². The van der Waals surface area contributed by atoms with Crippen LogP contribution in [-0.4, -0.2) is 5.97 Å². The zero-order valence-electron chi connectivity index (χ0n) is 12.4. The average Bonchev–Trinajstić information content (AvgIpc) is 2.39. The first-order chi connectivity index (χ1) is 9.36. The topological polar surface area (TPSA) is 26.3 Å². The Hall–Kier alpha value is -2.09. The fraction of sp³-hybridized carbons (Fsp3) is 0.278. The minimum Gasteiger partial charge on any atom is -0.426 e. The summed E-state index contributed by atoms with van der Waals surface area (Å²) in [6, 6.07) is 15.9. The summed E-state index contributed by atoms with van der Waals surface area (Å²) in [4.78, 5) is 11.9. The monoisotopic (exact) mass is 268 g/mol. The summed E-state index contributed by atoms with van der Waals surface area (Å²) in [5.41, 5.74) is 2.89. The average molecular weight is 268 g/mol. The second kappa shape index (κ2) is 5.49. The maximum Gasteiger partial charge on any atom is 0.316 e. The Kier molecular flexibility index (Phi) is 3.93.